The molecule has 222 valence electrons. The smallest absolute Gasteiger partial charge is 0.278 e. The lowest BCUT2D eigenvalue weighted by atomic mass is 9.98. The summed E-state index contributed by atoms with van der Waals surface area (Å²) in [5.74, 6) is -0.220. The second kappa shape index (κ2) is 12.4. The van der Waals surface area contributed by atoms with Gasteiger partial charge in [-0.15, -0.1) is 0 Å². The summed E-state index contributed by atoms with van der Waals surface area (Å²) < 4.78 is 27.2. The van der Waals surface area contributed by atoms with Gasteiger partial charge in [-0.05, 0) is 43.0 Å². The van der Waals surface area contributed by atoms with E-state index < -0.39 is 36.0 Å². The minimum atomic E-state index is -1.00. The summed E-state index contributed by atoms with van der Waals surface area (Å²) >= 11 is 6.44. The Morgan fingerprint density at radius 2 is 2.14 bits per heavy atom. The van der Waals surface area contributed by atoms with E-state index in [0.717, 1.165) is 6.42 Å². The van der Waals surface area contributed by atoms with Crippen molar-refractivity contribution in [2.45, 2.75) is 38.4 Å². The molecule has 1 amide bonds. The highest BCUT2D eigenvalue weighted by atomic mass is 35.5. The number of aliphatic hydroxyl groups is 1. The van der Waals surface area contributed by atoms with Crippen LogP contribution in [-0.4, -0.2) is 68.1 Å². The zero-order chi connectivity index (χ0) is 30.0. The topological polar surface area (TPSA) is 145 Å². The summed E-state index contributed by atoms with van der Waals surface area (Å²) in [6.07, 6.45) is 5.20. The lowest BCUT2D eigenvalue weighted by Crippen LogP contribution is -2.39. The maximum atomic E-state index is 14.0. The van der Waals surface area contributed by atoms with Crippen LogP contribution in [0.4, 0.5) is 10.3 Å². The minimum absolute atomic E-state index is 0.149. The van der Waals surface area contributed by atoms with Crippen LogP contribution in [-0.2, 0) is 9.53 Å². The average Bonchev–Trinajstić information content (AvgIpc) is 3.42. The molecule has 0 radical (unpaired) electrons. The number of fused-ring (bicyclic) bond motifs is 1. The molecule has 12 nitrogen and oxygen atoms in total. The van der Waals surface area contributed by atoms with Crippen LogP contribution in [0.1, 0.15) is 37.9 Å². The molecule has 0 saturated carbocycles. The van der Waals surface area contributed by atoms with E-state index in [4.69, 9.17) is 21.1 Å². The first-order valence-electron chi connectivity index (χ1n) is 13.4. The van der Waals surface area contributed by atoms with Gasteiger partial charge in [0.1, 0.15) is 29.5 Å². The van der Waals surface area contributed by atoms with Gasteiger partial charge in [-0.2, -0.15) is 5.10 Å². The molecule has 3 aromatic heterocycles. The van der Waals surface area contributed by atoms with Crippen LogP contribution in [0.15, 0.2) is 47.8 Å². The van der Waals surface area contributed by atoms with Crippen molar-refractivity contribution in [2.75, 3.05) is 32.2 Å². The number of aromatic nitrogens is 5. The standard InChI is InChI=1S/C28H31ClFN7O5/c1-15-13-42-5-4-22(15)34-28-31-10-21(29)25(35-28)18-8-24-27(40)36(14-32-37(24)11-18)16(2)26(39)33-23(12-38)17-6-19(30)9-20(7-17)41-3/h6-11,14-16,22-23,38H,4-5,12-13H2,1-3H3,(H,33,39)(H,31,34,35)/t15-,16?,22-,23-/m1/s1. The van der Waals surface area contributed by atoms with Crippen molar-refractivity contribution in [1.29, 1.82) is 0 Å². The predicted octanol–water partition coefficient (Wildman–Crippen LogP) is 3.00. The molecule has 1 fully saturated rings. The van der Waals surface area contributed by atoms with Crippen molar-refractivity contribution < 1.29 is 23.8 Å². The largest absolute Gasteiger partial charge is 0.497 e. The lowest BCUT2D eigenvalue weighted by Gasteiger charge is -2.29. The maximum absolute atomic E-state index is 14.0. The highest BCUT2D eigenvalue weighted by Gasteiger charge is 2.25. The fraction of sp³-hybridized carbons (Fsp3) is 0.393. The third kappa shape index (κ3) is 6.08. The molecule has 4 heterocycles. The third-order valence-electron chi connectivity index (χ3n) is 7.35. The third-order valence-corrected chi connectivity index (χ3v) is 7.63. The van der Waals surface area contributed by atoms with Gasteiger partial charge in [-0.1, -0.05) is 18.5 Å². The number of amides is 1. The number of hydrogen-bond acceptors (Lipinski definition) is 9. The molecule has 1 aliphatic rings. The quantitative estimate of drug-likeness (QED) is 0.264. The normalized spacial score (nSPS) is 18.4. The fourth-order valence-electron chi connectivity index (χ4n) is 4.86. The Kier molecular flexibility index (Phi) is 8.71. The summed E-state index contributed by atoms with van der Waals surface area (Å²) in [5.41, 5.74) is 1.00. The maximum Gasteiger partial charge on any atom is 0.278 e. The van der Waals surface area contributed by atoms with Crippen LogP contribution >= 0.6 is 11.6 Å². The van der Waals surface area contributed by atoms with Gasteiger partial charge < -0.3 is 25.2 Å². The Bertz CT molecular complexity index is 1660. The summed E-state index contributed by atoms with van der Waals surface area (Å²) in [6, 6.07) is 3.71. The highest BCUT2D eigenvalue weighted by molar-refractivity contribution is 6.32. The number of aliphatic hydroxyl groups excluding tert-OH is 1. The van der Waals surface area contributed by atoms with Gasteiger partial charge in [-0.3, -0.25) is 14.2 Å². The molecule has 0 spiro atoms. The van der Waals surface area contributed by atoms with Crippen molar-refractivity contribution >= 4 is 29.0 Å². The van der Waals surface area contributed by atoms with Crippen LogP contribution in [0.25, 0.3) is 16.8 Å². The predicted molar refractivity (Wildman–Crippen MR) is 153 cm³/mol. The number of ether oxygens (including phenoxy) is 2. The van der Waals surface area contributed by atoms with Gasteiger partial charge in [0.25, 0.3) is 5.56 Å². The number of methoxy groups -OCH3 is 1. The van der Waals surface area contributed by atoms with E-state index in [1.54, 1.807) is 12.3 Å². The highest BCUT2D eigenvalue weighted by Crippen LogP contribution is 2.28. The van der Waals surface area contributed by atoms with E-state index in [1.165, 1.54) is 53.8 Å². The molecule has 5 rings (SSSR count). The second-order valence-electron chi connectivity index (χ2n) is 10.2. The van der Waals surface area contributed by atoms with Gasteiger partial charge in [0.05, 0.1) is 43.3 Å². The number of nitrogens with one attached hydrogen (secondary N) is 2. The van der Waals surface area contributed by atoms with Crippen LogP contribution in [0, 0.1) is 11.7 Å². The number of rotatable bonds is 9. The van der Waals surface area contributed by atoms with E-state index in [-0.39, 0.29) is 23.2 Å². The van der Waals surface area contributed by atoms with Crippen LogP contribution in [0.2, 0.25) is 5.02 Å². The minimum Gasteiger partial charge on any atom is -0.497 e. The van der Waals surface area contributed by atoms with E-state index >= 15 is 0 Å². The molecule has 1 aromatic carbocycles. The van der Waals surface area contributed by atoms with Gasteiger partial charge >= 0.3 is 0 Å². The molecule has 1 unspecified atom stereocenters. The van der Waals surface area contributed by atoms with Gasteiger partial charge in [0.15, 0.2) is 0 Å². The first-order valence-corrected chi connectivity index (χ1v) is 13.8. The second-order valence-corrected chi connectivity index (χ2v) is 10.6. The Balaban J connectivity index is 1.39. The lowest BCUT2D eigenvalue weighted by molar-refractivity contribution is -0.125. The van der Waals surface area contributed by atoms with E-state index in [2.05, 4.69) is 32.6 Å². The Morgan fingerprint density at radius 1 is 1.33 bits per heavy atom. The molecular formula is C28H31ClFN7O5. The molecule has 4 atom stereocenters. The number of halogens is 2. The SMILES string of the molecule is COc1cc(F)cc([C@@H](CO)NC(=O)C(C)n2cnn3cc(-c4nc(N[C@@H]5CCOC[C@H]5C)ncc4Cl)cc3c2=O)c1. The van der Waals surface area contributed by atoms with E-state index in [0.29, 0.717) is 41.0 Å². The molecule has 42 heavy (non-hydrogen) atoms. The Hall–Kier alpha value is -4.07. The molecule has 3 N–H and O–H groups in total. The monoisotopic (exact) mass is 599 g/mol. The fourth-order valence-corrected chi connectivity index (χ4v) is 5.06. The van der Waals surface area contributed by atoms with Gasteiger partial charge in [-0.25, -0.2) is 18.9 Å². The molecule has 4 aromatic rings. The first-order chi connectivity index (χ1) is 20.2. The zero-order valence-electron chi connectivity index (χ0n) is 23.3. The van der Waals surface area contributed by atoms with Gasteiger partial charge in [0.2, 0.25) is 11.9 Å². The molecular weight excluding hydrogens is 569 g/mol. The van der Waals surface area contributed by atoms with Crippen molar-refractivity contribution in [1.82, 2.24) is 29.5 Å². The number of carbonyl (C=O) groups excluding carboxylic acids is 1. The number of carbonyl (C=O) groups is 1. The zero-order valence-corrected chi connectivity index (χ0v) is 24.0. The molecule has 14 heteroatoms. The van der Waals surface area contributed by atoms with Crippen molar-refractivity contribution in [3.63, 3.8) is 0 Å². The molecule has 1 aliphatic heterocycles. The Labute approximate surface area is 245 Å². The Morgan fingerprint density at radius 3 is 2.88 bits per heavy atom. The first kappa shape index (κ1) is 29.4. The number of benzene rings is 1. The van der Waals surface area contributed by atoms with E-state index in [1.807, 2.05) is 0 Å². The molecule has 0 bridgehead atoms. The summed E-state index contributed by atoms with van der Waals surface area (Å²) in [6.45, 7) is 4.42. The van der Waals surface area contributed by atoms with Crippen molar-refractivity contribution in [3.05, 3.63) is 69.7 Å². The number of nitrogens with zero attached hydrogens (tertiary/aromatic N) is 5. The number of anilines is 1. The molecule has 0 aliphatic carbocycles. The van der Waals surface area contributed by atoms with Gasteiger partial charge in [0, 0.05) is 30.5 Å². The average molecular weight is 600 g/mol. The van der Waals surface area contributed by atoms with E-state index in [9.17, 15) is 19.1 Å². The van der Waals surface area contributed by atoms with Crippen molar-refractivity contribution in [3.8, 4) is 17.0 Å². The van der Waals surface area contributed by atoms with Crippen LogP contribution < -0.4 is 20.9 Å². The molecule has 1 saturated heterocycles. The van der Waals surface area contributed by atoms with Crippen LogP contribution in [0.3, 0.4) is 0 Å². The summed E-state index contributed by atoms with van der Waals surface area (Å²) in [5, 5.41) is 20.5. The number of hydrogen-bond donors (Lipinski definition) is 3. The van der Waals surface area contributed by atoms with Crippen molar-refractivity contribution in [2.24, 2.45) is 5.92 Å². The summed E-state index contributed by atoms with van der Waals surface area (Å²) in [4.78, 5) is 35.5. The van der Waals surface area contributed by atoms with Crippen LogP contribution in [0.5, 0.6) is 5.75 Å². The summed E-state index contributed by atoms with van der Waals surface area (Å²) in [7, 11) is 1.39.